The zero-order valence-corrected chi connectivity index (χ0v) is 35.4. The highest BCUT2D eigenvalue weighted by molar-refractivity contribution is 5.77. The summed E-state index contributed by atoms with van der Waals surface area (Å²) in [6.07, 6.45) is 0. The third-order valence-corrected chi connectivity index (χ3v) is 11.3. The predicted molar refractivity (Wildman–Crippen MR) is 248 cm³/mol. The number of benzene rings is 7. The van der Waals surface area contributed by atoms with Crippen molar-refractivity contribution in [1.82, 2.24) is 0 Å². The first-order valence-electron chi connectivity index (χ1n) is 19.9. The lowest BCUT2D eigenvalue weighted by molar-refractivity contribution is 0.125. The molecule has 0 saturated carbocycles. The first-order chi connectivity index (χ1) is 28.3. The Morgan fingerprint density at radius 1 is 0.254 bits per heavy atom. The highest BCUT2D eigenvalue weighted by atomic mass is 16.3. The number of nitrogens with zero attached hydrogens (tertiary/aromatic N) is 5. The number of hydrogen-bond acceptors (Lipinski definition) is 7. The van der Waals surface area contributed by atoms with E-state index in [0.717, 1.165) is 73.2 Å². The highest BCUT2D eigenvalue weighted by Gasteiger charge is 2.36. The van der Waals surface area contributed by atoms with Gasteiger partial charge in [-0.3, -0.25) is 0 Å². The van der Waals surface area contributed by atoms with Gasteiger partial charge in [0.05, 0.1) is 0 Å². The number of rotatable bonds is 13. The van der Waals surface area contributed by atoms with Gasteiger partial charge in [-0.05, 0) is 118 Å². The quantitative estimate of drug-likeness (QED) is 0.113. The summed E-state index contributed by atoms with van der Waals surface area (Å²) in [4.78, 5) is 10.4. The van der Waals surface area contributed by atoms with E-state index in [1.165, 1.54) is 0 Å². The summed E-state index contributed by atoms with van der Waals surface area (Å²) >= 11 is 0. The van der Waals surface area contributed by atoms with Gasteiger partial charge >= 0.3 is 0 Å². The minimum Gasteiger partial charge on any atom is -0.378 e. The lowest BCUT2D eigenvalue weighted by atomic mass is 9.80. The normalized spacial score (nSPS) is 11.6. The van der Waals surface area contributed by atoms with E-state index in [-0.39, 0.29) is 0 Å². The van der Waals surface area contributed by atoms with E-state index >= 15 is 0 Å². The van der Waals surface area contributed by atoms with Crippen molar-refractivity contribution in [2.45, 2.75) is 11.2 Å². The highest BCUT2D eigenvalue weighted by Crippen LogP contribution is 2.43. The van der Waals surface area contributed by atoms with Crippen LogP contribution < -0.4 is 24.5 Å². The summed E-state index contributed by atoms with van der Waals surface area (Å²) < 4.78 is 0. The van der Waals surface area contributed by atoms with Gasteiger partial charge in [0.2, 0.25) is 0 Å². The van der Waals surface area contributed by atoms with Gasteiger partial charge in [0.1, 0.15) is 11.2 Å². The lowest BCUT2D eigenvalue weighted by Crippen LogP contribution is -2.29. The Bertz CT molecular complexity index is 2170. The van der Waals surface area contributed by atoms with Gasteiger partial charge in [0.15, 0.2) is 0 Å². The average molecular weight is 782 g/mol. The molecule has 0 fully saturated rings. The van der Waals surface area contributed by atoms with Crippen LogP contribution in [0.1, 0.15) is 33.4 Å². The summed E-state index contributed by atoms with van der Waals surface area (Å²) in [6, 6.07) is 59.0. The molecule has 7 nitrogen and oxygen atoms in total. The van der Waals surface area contributed by atoms with Crippen molar-refractivity contribution in [3.63, 3.8) is 0 Å². The molecule has 0 bridgehead atoms. The Hall–Kier alpha value is -6.54. The molecule has 300 valence electrons. The molecule has 7 heteroatoms. The van der Waals surface area contributed by atoms with E-state index in [1.54, 1.807) is 0 Å². The summed E-state index contributed by atoms with van der Waals surface area (Å²) in [5.41, 5.74) is 8.88. The molecule has 0 amide bonds. The molecule has 0 spiro atoms. The third-order valence-electron chi connectivity index (χ3n) is 11.3. The maximum Gasteiger partial charge on any atom is 0.140 e. The smallest absolute Gasteiger partial charge is 0.140 e. The van der Waals surface area contributed by atoms with E-state index in [1.807, 2.05) is 196 Å². The topological polar surface area (TPSA) is 56.7 Å². The van der Waals surface area contributed by atoms with Crippen LogP contribution in [0.4, 0.5) is 39.8 Å². The van der Waals surface area contributed by atoms with Gasteiger partial charge in [0, 0.05) is 96.2 Å². The Morgan fingerprint density at radius 3 is 0.644 bits per heavy atom. The molecule has 7 aromatic rings. The Morgan fingerprint density at radius 2 is 0.441 bits per heavy atom. The first-order valence-corrected chi connectivity index (χ1v) is 19.9. The fourth-order valence-electron chi connectivity index (χ4n) is 7.73. The molecule has 0 atom stereocenters. The van der Waals surface area contributed by atoms with Gasteiger partial charge in [-0.15, -0.1) is 0 Å². The fourth-order valence-corrected chi connectivity index (χ4v) is 7.73. The number of para-hydroxylation sites is 1. The van der Waals surface area contributed by atoms with Crippen LogP contribution in [0, 0.1) is 0 Å². The molecule has 0 aliphatic rings. The van der Waals surface area contributed by atoms with E-state index in [4.69, 9.17) is 0 Å². The maximum absolute atomic E-state index is 12.9. The number of anilines is 7. The van der Waals surface area contributed by atoms with Crippen molar-refractivity contribution in [3.8, 4) is 0 Å². The molecule has 0 aromatic heterocycles. The van der Waals surface area contributed by atoms with Crippen molar-refractivity contribution in [2.24, 2.45) is 0 Å². The molecular formula is C52H55N5O2. The molecule has 0 saturated heterocycles. The summed E-state index contributed by atoms with van der Waals surface area (Å²) in [7, 11) is 16.1. The van der Waals surface area contributed by atoms with Crippen LogP contribution in [0.5, 0.6) is 0 Å². The molecule has 0 radical (unpaired) electrons. The van der Waals surface area contributed by atoms with E-state index < -0.39 is 11.2 Å². The van der Waals surface area contributed by atoms with E-state index in [9.17, 15) is 10.2 Å². The Labute approximate surface area is 350 Å². The molecular weight excluding hydrogens is 727 g/mol. The lowest BCUT2D eigenvalue weighted by Gasteiger charge is -2.33. The molecule has 2 N–H and O–H groups in total. The summed E-state index contributed by atoms with van der Waals surface area (Å²) in [5, 5.41) is 25.7. The van der Waals surface area contributed by atoms with E-state index in [2.05, 4.69) is 60.9 Å². The average Bonchev–Trinajstić information content (AvgIpc) is 3.27. The van der Waals surface area contributed by atoms with Gasteiger partial charge in [-0.2, -0.15) is 0 Å². The molecule has 7 rings (SSSR count). The van der Waals surface area contributed by atoms with Crippen LogP contribution in [0.25, 0.3) is 0 Å². The fraction of sp³-hybridized carbons (Fsp3) is 0.192. The zero-order valence-electron chi connectivity index (χ0n) is 35.4. The maximum atomic E-state index is 12.9. The van der Waals surface area contributed by atoms with Gasteiger partial charge in [0.25, 0.3) is 0 Å². The van der Waals surface area contributed by atoms with Crippen LogP contribution in [-0.4, -0.2) is 66.6 Å². The van der Waals surface area contributed by atoms with Gasteiger partial charge in [-0.25, -0.2) is 0 Å². The van der Waals surface area contributed by atoms with Crippen molar-refractivity contribution in [1.29, 1.82) is 0 Å². The standard InChI is InChI=1S/C52H55N5O2/c1-53(2)44-26-14-38(15-27-44)51(58,39-16-28-45(29-17-39)54(3)4)42-22-34-49(35-23-42)57(48-12-10-9-11-13-48)50-36-24-43(25-37-50)52(59,40-18-30-46(31-19-40)55(5)6)41-20-32-47(33-21-41)56(7)8/h9-37,58-59H,1-8H3. The molecule has 0 aliphatic heterocycles. The van der Waals surface area contributed by atoms with Crippen LogP contribution in [0.2, 0.25) is 0 Å². The van der Waals surface area contributed by atoms with Crippen molar-refractivity contribution < 1.29 is 10.2 Å². The molecule has 59 heavy (non-hydrogen) atoms. The van der Waals surface area contributed by atoms with Gasteiger partial charge in [-0.1, -0.05) is 91.0 Å². The van der Waals surface area contributed by atoms with E-state index in [0.29, 0.717) is 0 Å². The zero-order chi connectivity index (χ0) is 41.9. The summed E-state index contributed by atoms with van der Waals surface area (Å²) in [5.74, 6) is 0. The second kappa shape index (κ2) is 16.7. The molecule has 7 aromatic carbocycles. The first kappa shape index (κ1) is 40.6. The molecule has 0 aliphatic carbocycles. The minimum absolute atomic E-state index is 0.755. The van der Waals surface area contributed by atoms with Crippen LogP contribution in [0.15, 0.2) is 176 Å². The second-order valence-electron chi connectivity index (χ2n) is 16.0. The van der Waals surface area contributed by atoms with Crippen molar-refractivity contribution in [2.75, 3.05) is 80.9 Å². The monoisotopic (exact) mass is 781 g/mol. The van der Waals surface area contributed by atoms with Crippen molar-refractivity contribution in [3.05, 3.63) is 209 Å². The second-order valence-corrected chi connectivity index (χ2v) is 16.0. The van der Waals surface area contributed by atoms with Gasteiger partial charge < -0.3 is 34.7 Å². The van der Waals surface area contributed by atoms with Crippen LogP contribution in [-0.2, 0) is 11.2 Å². The predicted octanol–water partition coefficient (Wildman–Crippen LogP) is 9.99. The molecule has 0 heterocycles. The van der Waals surface area contributed by atoms with Crippen molar-refractivity contribution >= 4 is 39.8 Å². The van der Waals surface area contributed by atoms with Crippen LogP contribution in [0.3, 0.4) is 0 Å². The van der Waals surface area contributed by atoms with Crippen LogP contribution >= 0.6 is 0 Å². The Kier molecular flexibility index (Phi) is 11.5. The largest absolute Gasteiger partial charge is 0.378 e. The Balaban J connectivity index is 1.30. The number of aliphatic hydroxyl groups is 2. The SMILES string of the molecule is CN(C)c1ccc(C(O)(c2ccc(N(C)C)cc2)c2ccc(N(c3ccccc3)c3ccc(C(O)(c4ccc(N(C)C)cc4)c4ccc(N(C)C)cc4)cc3)cc2)cc1. The number of hydrogen-bond donors (Lipinski definition) is 2. The third kappa shape index (κ3) is 8.00. The molecule has 0 unspecified atom stereocenters. The summed E-state index contributed by atoms with van der Waals surface area (Å²) in [6.45, 7) is 0. The minimum atomic E-state index is -1.41.